The van der Waals surface area contributed by atoms with Crippen LogP contribution in [-0.4, -0.2) is 5.91 Å². The van der Waals surface area contributed by atoms with E-state index in [9.17, 15) is 4.79 Å². The molecule has 128 valence electrons. The predicted octanol–water partition coefficient (Wildman–Crippen LogP) is 5.81. The number of thiophene rings is 1. The average Bonchev–Trinajstić information content (AvgIpc) is 3.15. The SMILES string of the molecule is Cc1ccc(-c2cc(C(=O)NCc3ccccc3)cc3sccc23)cc1. The van der Waals surface area contributed by atoms with Crippen LogP contribution in [0.25, 0.3) is 21.2 Å². The Labute approximate surface area is 157 Å². The molecule has 2 nitrogen and oxygen atoms in total. The number of nitrogens with one attached hydrogen (secondary N) is 1. The number of amides is 1. The minimum absolute atomic E-state index is 0.0440. The summed E-state index contributed by atoms with van der Waals surface area (Å²) in [4.78, 5) is 12.7. The fourth-order valence-electron chi connectivity index (χ4n) is 3.05. The minimum atomic E-state index is -0.0440. The summed E-state index contributed by atoms with van der Waals surface area (Å²) in [6.07, 6.45) is 0. The Bertz CT molecular complexity index is 1050. The summed E-state index contributed by atoms with van der Waals surface area (Å²) in [7, 11) is 0. The van der Waals surface area contributed by atoms with Gasteiger partial charge in [-0.15, -0.1) is 11.3 Å². The van der Waals surface area contributed by atoms with Gasteiger partial charge in [-0.2, -0.15) is 0 Å². The third kappa shape index (κ3) is 3.39. The van der Waals surface area contributed by atoms with Crippen molar-refractivity contribution < 1.29 is 4.79 Å². The molecule has 0 fully saturated rings. The molecule has 0 aliphatic rings. The van der Waals surface area contributed by atoms with Gasteiger partial charge in [0.25, 0.3) is 5.91 Å². The Kier molecular flexibility index (Phi) is 4.55. The van der Waals surface area contributed by atoms with Gasteiger partial charge in [0.15, 0.2) is 0 Å². The van der Waals surface area contributed by atoms with E-state index < -0.39 is 0 Å². The van der Waals surface area contributed by atoms with Gasteiger partial charge in [-0.25, -0.2) is 0 Å². The maximum atomic E-state index is 12.7. The van der Waals surface area contributed by atoms with E-state index in [1.807, 2.05) is 42.5 Å². The van der Waals surface area contributed by atoms with Crippen LogP contribution < -0.4 is 5.32 Å². The molecule has 3 aromatic carbocycles. The molecule has 0 aliphatic carbocycles. The van der Waals surface area contributed by atoms with Crippen LogP contribution in [0.15, 0.2) is 78.2 Å². The number of hydrogen-bond acceptors (Lipinski definition) is 2. The third-order valence-electron chi connectivity index (χ3n) is 4.49. The van der Waals surface area contributed by atoms with Crippen LogP contribution in [-0.2, 0) is 6.54 Å². The van der Waals surface area contributed by atoms with Gasteiger partial charge in [0.2, 0.25) is 0 Å². The summed E-state index contributed by atoms with van der Waals surface area (Å²) < 4.78 is 1.13. The molecule has 0 saturated carbocycles. The van der Waals surface area contributed by atoms with Crippen LogP contribution in [0.5, 0.6) is 0 Å². The fraction of sp³-hybridized carbons (Fsp3) is 0.0870. The molecule has 26 heavy (non-hydrogen) atoms. The Hall–Kier alpha value is -2.91. The quantitative estimate of drug-likeness (QED) is 0.491. The van der Waals surface area contributed by atoms with Gasteiger partial charge < -0.3 is 5.32 Å². The summed E-state index contributed by atoms with van der Waals surface area (Å²) in [5, 5.41) is 6.30. The molecule has 0 radical (unpaired) electrons. The molecule has 0 bridgehead atoms. The summed E-state index contributed by atoms with van der Waals surface area (Å²) in [5.41, 5.74) is 5.26. The van der Waals surface area contributed by atoms with Crippen LogP contribution in [0.3, 0.4) is 0 Å². The summed E-state index contributed by atoms with van der Waals surface area (Å²) in [6.45, 7) is 2.61. The molecule has 1 heterocycles. The number of fused-ring (bicyclic) bond motifs is 1. The molecule has 0 atom stereocenters. The second-order valence-electron chi connectivity index (χ2n) is 6.39. The number of hydrogen-bond donors (Lipinski definition) is 1. The van der Waals surface area contributed by atoms with Crippen LogP contribution in [0.2, 0.25) is 0 Å². The molecule has 0 saturated heterocycles. The largest absolute Gasteiger partial charge is 0.348 e. The van der Waals surface area contributed by atoms with Gasteiger partial charge in [-0.1, -0.05) is 60.2 Å². The van der Waals surface area contributed by atoms with Gasteiger partial charge in [0, 0.05) is 22.2 Å². The van der Waals surface area contributed by atoms with Crippen molar-refractivity contribution >= 4 is 27.3 Å². The Morgan fingerprint density at radius 3 is 2.50 bits per heavy atom. The van der Waals surface area contributed by atoms with Crippen molar-refractivity contribution in [3.63, 3.8) is 0 Å². The van der Waals surface area contributed by atoms with Gasteiger partial charge in [0.05, 0.1) is 0 Å². The Morgan fingerprint density at radius 1 is 0.962 bits per heavy atom. The van der Waals surface area contributed by atoms with Crippen molar-refractivity contribution in [2.75, 3.05) is 0 Å². The Morgan fingerprint density at radius 2 is 1.73 bits per heavy atom. The highest BCUT2D eigenvalue weighted by molar-refractivity contribution is 7.17. The maximum absolute atomic E-state index is 12.7. The normalized spacial score (nSPS) is 10.8. The molecule has 1 N–H and O–H groups in total. The zero-order valence-corrected chi connectivity index (χ0v) is 15.3. The number of carbonyl (C=O) groups excluding carboxylic acids is 1. The van der Waals surface area contributed by atoms with E-state index in [4.69, 9.17) is 0 Å². The van der Waals surface area contributed by atoms with Gasteiger partial charge in [-0.05, 0) is 47.2 Å². The highest BCUT2D eigenvalue weighted by Crippen LogP contribution is 2.33. The molecule has 0 spiro atoms. The molecule has 4 rings (SSSR count). The Balaban J connectivity index is 1.67. The molecule has 4 aromatic rings. The molecular weight excluding hydrogens is 338 g/mol. The summed E-state index contributed by atoms with van der Waals surface area (Å²) in [6, 6.07) is 24.5. The monoisotopic (exact) mass is 357 g/mol. The van der Waals surface area contributed by atoms with Crippen molar-refractivity contribution in [1.82, 2.24) is 5.32 Å². The van der Waals surface area contributed by atoms with Gasteiger partial charge in [0.1, 0.15) is 0 Å². The first-order valence-electron chi connectivity index (χ1n) is 8.61. The first-order chi connectivity index (χ1) is 12.7. The number of benzene rings is 3. The van der Waals surface area contributed by atoms with Crippen molar-refractivity contribution in [3.8, 4) is 11.1 Å². The number of carbonyl (C=O) groups is 1. The lowest BCUT2D eigenvalue weighted by Gasteiger charge is -2.10. The second-order valence-corrected chi connectivity index (χ2v) is 7.34. The molecule has 1 aromatic heterocycles. The molecule has 3 heteroatoms. The van der Waals surface area contributed by atoms with E-state index in [2.05, 4.69) is 48.0 Å². The molecule has 1 amide bonds. The molecule has 0 aliphatic heterocycles. The van der Waals surface area contributed by atoms with E-state index >= 15 is 0 Å². The molecular formula is C23H19NOS. The first kappa shape index (κ1) is 16.6. The number of aryl methyl sites for hydroxylation is 1. The van der Waals surface area contributed by atoms with Crippen LogP contribution in [0, 0.1) is 6.92 Å². The van der Waals surface area contributed by atoms with E-state index in [0.29, 0.717) is 12.1 Å². The van der Waals surface area contributed by atoms with Crippen molar-refractivity contribution in [2.45, 2.75) is 13.5 Å². The zero-order chi connectivity index (χ0) is 17.9. The van der Waals surface area contributed by atoms with Gasteiger partial charge >= 0.3 is 0 Å². The third-order valence-corrected chi connectivity index (χ3v) is 5.36. The highest BCUT2D eigenvalue weighted by atomic mass is 32.1. The molecule has 0 unspecified atom stereocenters. The van der Waals surface area contributed by atoms with Crippen molar-refractivity contribution in [3.05, 3.63) is 94.9 Å². The van der Waals surface area contributed by atoms with E-state index in [-0.39, 0.29) is 5.91 Å². The fourth-order valence-corrected chi connectivity index (χ4v) is 3.91. The van der Waals surface area contributed by atoms with E-state index in [1.165, 1.54) is 10.9 Å². The van der Waals surface area contributed by atoms with E-state index in [1.54, 1.807) is 11.3 Å². The minimum Gasteiger partial charge on any atom is -0.348 e. The van der Waals surface area contributed by atoms with Crippen LogP contribution >= 0.6 is 11.3 Å². The lowest BCUT2D eigenvalue weighted by molar-refractivity contribution is 0.0951. The van der Waals surface area contributed by atoms with Crippen molar-refractivity contribution in [2.24, 2.45) is 0 Å². The topological polar surface area (TPSA) is 29.1 Å². The zero-order valence-electron chi connectivity index (χ0n) is 14.5. The highest BCUT2D eigenvalue weighted by Gasteiger charge is 2.12. The van der Waals surface area contributed by atoms with Crippen LogP contribution in [0.1, 0.15) is 21.5 Å². The smallest absolute Gasteiger partial charge is 0.251 e. The summed E-state index contributed by atoms with van der Waals surface area (Å²) in [5.74, 6) is -0.0440. The lowest BCUT2D eigenvalue weighted by atomic mass is 9.98. The van der Waals surface area contributed by atoms with Crippen molar-refractivity contribution in [1.29, 1.82) is 0 Å². The predicted molar refractivity (Wildman–Crippen MR) is 110 cm³/mol. The number of rotatable bonds is 4. The second kappa shape index (κ2) is 7.14. The standard InChI is InChI=1S/C23H19NOS/c1-16-7-9-18(10-8-16)21-13-19(14-22-20(21)11-12-26-22)23(25)24-15-17-5-3-2-4-6-17/h2-14H,15H2,1H3,(H,24,25). The summed E-state index contributed by atoms with van der Waals surface area (Å²) >= 11 is 1.67. The lowest BCUT2D eigenvalue weighted by Crippen LogP contribution is -2.22. The van der Waals surface area contributed by atoms with Gasteiger partial charge in [-0.3, -0.25) is 4.79 Å². The first-order valence-corrected chi connectivity index (χ1v) is 9.49. The van der Waals surface area contributed by atoms with E-state index in [0.717, 1.165) is 21.4 Å². The maximum Gasteiger partial charge on any atom is 0.251 e. The van der Waals surface area contributed by atoms with Crippen LogP contribution in [0.4, 0.5) is 0 Å². The average molecular weight is 357 g/mol.